The predicted octanol–water partition coefficient (Wildman–Crippen LogP) is 0.622. The third-order valence-corrected chi connectivity index (χ3v) is 2.54. The van der Waals surface area contributed by atoms with E-state index in [1.807, 2.05) is 25.7 Å². The fourth-order valence-corrected chi connectivity index (χ4v) is 1.66. The van der Waals surface area contributed by atoms with Gasteiger partial charge in [-0.25, -0.2) is 0 Å². The number of nitrogens with zero attached hydrogens (tertiary/aromatic N) is 3. The van der Waals surface area contributed by atoms with Crippen molar-refractivity contribution in [3.63, 3.8) is 0 Å². The molecular formula is C9H18ClN5. The molecule has 1 heterocycles. The first-order valence-corrected chi connectivity index (χ1v) is 5.26. The van der Waals surface area contributed by atoms with Gasteiger partial charge < -0.3 is 4.90 Å². The van der Waals surface area contributed by atoms with Crippen molar-refractivity contribution in [2.45, 2.75) is 19.5 Å². The van der Waals surface area contributed by atoms with Crippen LogP contribution in [0.25, 0.3) is 0 Å². The zero-order valence-corrected chi connectivity index (χ0v) is 10.1. The van der Waals surface area contributed by atoms with Crippen LogP contribution in [-0.4, -0.2) is 35.3 Å². The number of hydrazine groups is 1. The van der Waals surface area contributed by atoms with Gasteiger partial charge in [0.05, 0.1) is 29.5 Å². The number of aromatic nitrogens is 2. The summed E-state index contributed by atoms with van der Waals surface area (Å²) in [6.07, 6.45) is 1.65. The van der Waals surface area contributed by atoms with Gasteiger partial charge >= 0.3 is 0 Å². The Bertz CT molecular complexity index is 309. The summed E-state index contributed by atoms with van der Waals surface area (Å²) in [5.41, 5.74) is 3.61. The van der Waals surface area contributed by atoms with E-state index in [-0.39, 0.29) is 6.04 Å². The quantitative estimate of drug-likeness (QED) is 0.576. The lowest BCUT2D eigenvalue weighted by molar-refractivity contribution is 0.364. The third kappa shape index (κ3) is 3.17. The van der Waals surface area contributed by atoms with Crippen molar-refractivity contribution in [2.75, 3.05) is 20.6 Å². The molecule has 1 atom stereocenters. The highest BCUT2D eigenvalue weighted by atomic mass is 35.5. The number of nitrogens with two attached hydrogens (primary N) is 1. The first-order valence-electron chi connectivity index (χ1n) is 4.88. The molecular weight excluding hydrogens is 214 g/mol. The monoisotopic (exact) mass is 231 g/mol. The van der Waals surface area contributed by atoms with E-state index in [0.717, 1.165) is 18.8 Å². The van der Waals surface area contributed by atoms with E-state index in [4.69, 9.17) is 17.4 Å². The molecule has 0 bridgehead atoms. The molecule has 0 radical (unpaired) electrons. The van der Waals surface area contributed by atoms with Crippen molar-refractivity contribution in [1.82, 2.24) is 20.1 Å². The molecule has 1 unspecified atom stereocenters. The van der Waals surface area contributed by atoms with Crippen LogP contribution >= 0.6 is 11.6 Å². The van der Waals surface area contributed by atoms with Gasteiger partial charge in [0.25, 0.3) is 0 Å². The summed E-state index contributed by atoms with van der Waals surface area (Å²) in [5.74, 6) is 5.40. The minimum absolute atomic E-state index is 0.00200. The summed E-state index contributed by atoms with van der Waals surface area (Å²) in [6, 6.07) is 0.00200. The van der Waals surface area contributed by atoms with Crippen molar-refractivity contribution < 1.29 is 0 Å². The Morgan fingerprint density at radius 1 is 1.67 bits per heavy atom. The normalized spacial score (nSPS) is 13.5. The molecule has 0 aliphatic heterocycles. The Morgan fingerprint density at radius 3 is 2.87 bits per heavy atom. The van der Waals surface area contributed by atoms with Crippen LogP contribution in [0.5, 0.6) is 0 Å². The molecule has 86 valence electrons. The number of nitrogens with one attached hydrogen (secondary N) is 1. The molecule has 1 aromatic rings. The summed E-state index contributed by atoms with van der Waals surface area (Å²) < 4.78 is 1.88. The van der Waals surface area contributed by atoms with Crippen LogP contribution in [0.15, 0.2) is 6.20 Å². The predicted molar refractivity (Wildman–Crippen MR) is 61.5 cm³/mol. The molecule has 5 nitrogen and oxygen atoms in total. The third-order valence-electron chi connectivity index (χ3n) is 2.25. The lowest BCUT2D eigenvalue weighted by Gasteiger charge is -2.15. The van der Waals surface area contributed by atoms with Crippen LogP contribution < -0.4 is 11.3 Å². The second-order valence-electron chi connectivity index (χ2n) is 3.79. The Morgan fingerprint density at radius 2 is 2.33 bits per heavy atom. The van der Waals surface area contributed by atoms with E-state index in [9.17, 15) is 0 Å². The average molecular weight is 232 g/mol. The summed E-state index contributed by atoms with van der Waals surface area (Å²) in [4.78, 5) is 2.10. The summed E-state index contributed by atoms with van der Waals surface area (Å²) in [7, 11) is 4.05. The summed E-state index contributed by atoms with van der Waals surface area (Å²) >= 11 is 6.04. The second-order valence-corrected chi connectivity index (χ2v) is 4.20. The van der Waals surface area contributed by atoms with Crippen molar-refractivity contribution in [1.29, 1.82) is 0 Å². The van der Waals surface area contributed by atoms with Crippen molar-refractivity contribution in [3.05, 3.63) is 16.9 Å². The van der Waals surface area contributed by atoms with Crippen LogP contribution in [-0.2, 0) is 6.54 Å². The van der Waals surface area contributed by atoms with Crippen LogP contribution in [0.1, 0.15) is 18.7 Å². The Kier molecular flexibility index (Phi) is 4.53. The van der Waals surface area contributed by atoms with E-state index in [1.165, 1.54) is 0 Å². The smallest absolute Gasteiger partial charge is 0.0834 e. The molecule has 0 aliphatic carbocycles. The molecule has 0 saturated heterocycles. The topological polar surface area (TPSA) is 59.1 Å². The lowest BCUT2D eigenvalue weighted by atomic mass is 10.2. The number of rotatable bonds is 5. The molecule has 1 aromatic heterocycles. The fourth-order valence-electron chi connectivity index (χ4n) is 1.35. The number of hydrogen-bond donors (Lipinski definition) is 2. The standard InChI is InChI=1S/C9H18ClN5/c1-7(13-11)9-8(10)6-12-15(9)5-4-14(2)3/h6-7,13H,4-5,11H2,1-3H3. The zero-order chi connectivity index (χ0) is 11.4. The molecule has 0 saturated carbocycles. The van der Waals surface area contributed by atoms with E-state index in [2.05, 4.69) is 15.4 Å². The fraction of sp³-hybridized carbons (Fsp3) is 0.667. The van der Waals surface area contributed by atoms with Gasteiger partial charge in [-0.2, -0.15) is 5.10 Å². The average Bonchev–Trinajstić information content (AvgIpc) is 2.55. The maximum Gasteiger partial charge on any atom is 0.0834 e. The summed E-state index contributed by atoms with van der Waals surface area (Å²) in [6.45, 7) is 3.68. The molecule has 0 amide bonds. The largest absolute Gasteiger partial charge is 0.308 e. The van der Waals surface area contributed by atoms with Gasteiger partial charge in [0.2, 0.25) is 0 Å². The highest BCUT2D eigenvalue weighted by Gasteiger charge is 2.14. The highest BCUT2D eigenvalue weighted by Crippen LogP contribution is 2.21. The van der Waals surface area contributed by atoms with E-state index < -0.39 is 0 Å². The molecule has 0 fully saturated rings. The molecule has 0 aromatic carbocycles. The van der Waals surface area contributed by atoms with E-state index in [1.54, 1.807) is 6.20 Å². The second kappa shape index (κ2) is 5.46. The van der Waals surface area contributed by atoms with Gasteiger partial charge in [-0.05, 0) is 21.0 Å². The van der Waals surface area contributed by atoms with Gasteiger partial charge in [0.1, 0.15) is 0 Å². The van der Waals surface area contributed by atoms with Crippen LogP contribution in [0.2, 0.25) is 5.02 Å². The first-order chi connectivity index (χ1) is 7.06. The Balaban J connectivity index is 2.79. The minimum Gasteiger partial charge on any atom is -0.308 e. The van der Waals surface area contributed by atoms with Crippen LogP contribution in [0.4, 0.5) is 0 Å². The van der Waals surface area contributed by atoms with Crippen molar-refractivity contribution in [3.8, 4) is 0 Å². The minimum atomic E-state index is 0.00200. The SMILES string of the molecule is CC(NN)c1c(Cl)cnn1CCN(C)C. The highest BCUT2D eigenvalue weighted by molar-refractivity contribution is 6.31. The summed E-state index contributed by atoms with van der Waals surface area (Å²) in [5, 5.41) is 4.87. The molecule has 15 heavy (non-hydrogen) atoms. The van der Waals surface area contributed by atoms with Crippen LogP contribution in [0, 0.1) is 0 Å². The van der Waals surface area contributed by atoms with Crippen molar-refractivity contribution >= 4 is 11.6 Å². The van der Waals surface area contributed by atoms with Gasteiger partial charge in [0.15, 0.2) is 0 Å². The Hall–Kier alpha value is -0.620. The first kappa shape index (κ1) is 12.4. The van der Waals surface area contributed by atoms with Crippen molar-refractivity contribution in [2.24, 2.45) is 5.84 Å². The van der Waals surface area contributed by atoms with E-state index >= 15 is 0 Å². The van der Waals surface area contributed by atoms with Gasteiger partial charge in [-0.3, -0.25) is 16.0 Å². The molecule has 6 heteroatoms. The Labute approximate surface area is 95.2 Å². The van der Waals surface area contributed by atoms with Gasteiger partial charge in [0, 0.05) is 6.54 Å². The lowest BCUT2D eigenvalue weighted by Crippen LogP contribution is -2.29. The molecule has 3 N–H and O–H groups in total. The van der Waals surface area contributed by atoms with Gasteiger partial charge in [-0.15, -0.1) is 0 Å². The van der Waals surface area contributed by atoms with E-state index in [0.29, 0.717) is 5.02 Å². The number of halogens is 1. The zero-order valence-electron chi connectivity index (χ0n) is 9.37. The number of likely N-dealkylation sites (N-methyl/N-ethyl adjacent to an activating group) is 1. The maximum atomic E-state index is 6.04. The molecule has 1 rings (SSSR count). The molecule has 0 spiro atoms. The number of hydrogen-bond acceptors (Lipinski definition) is 4. The van der Waals surface area contributed by atoms with Crippen LogP contribution in [0.3, 0.4) is 0 Å². The maximum absolute atomic E-state index is 6.04. The molecule has 0 aliphatic rings. The van der Waals surface area contributed by atoms with Gasteiger partial charge in [-0.1, -0.05) is 11.6 Å².